The maximum atomic E-state index is 11.9. The van der Waals surface area contributed by atoms with E-state index in [4.69, 9.17) is 11.0 Å². The SMILES string of the molecule is N#Cc1cc(Br)ccc1NC(=O)c1cncc(N)n1. The number of nitrogens with one attached hydrogen (secondary N) is 1. The van der Waals surface area contributed by atoms with Crippen LogP contribution in [-0.4, -0.2) is 15.9 Å². The number of nitrogens with zero attached hydrogens (tertiary/aromatic N) is 3. The molecule has 1 aromatic heterocycles. The Morgan fingerprint density at radius 1 is 1.42 bits per heavy atom. The number of nitrogen functional groups attached to an aromatic ring is 1. The molecule has 1 aromatic carbocycles. The summed E-state index contributed by atoms with van der Waals surface area (Å²) >= 11 is 3.26. The third kappa shape index (κ3) is 3.05. The summed E-state index contributed by atoms with van der Waals surface area (Å²) in [5, 5.41) is 11.6. The topological polar surface area (TPSA) is 105 Å². The molecule has 2 aromatic rings. The van der Waals surface area contributed by atoms with Crippen LogP contribution in [0.1, 0.15) is 16.1 Å². The van der Waals surface area contributed by atoms with Crippen LogP contribution in [0.3, 0.4) is 0 Å². The zero-order chi connectivity index (χ0) is 13.8. The van der Waals surface area contributed by atoms with Gasteiger partial charge in [0.25, 0.3) is 5.91 Å². The third-order valence-electron chi connectivity index (χ3n) is 2.24. The largest absolute Gasteiger partial charge is 0.382 e. The molecule has 0 aliphatic heterocycles. The van der Waals surface area contributed by atoms with Crippen molar-refractivity contribution in [2.75, 3.05) is 11.1 Å². The van der Waals surface area contributed by atoms with E-state index in [9.17, 15) is 4.79 Å². The highest BCUT2D eigenvalue weighted by molar-refractivity contribution is 9.10. The first kappa shape index (κ1) is 13.0. The van der Waals surface area contributed by atoms with Crippen molar-refractivity contribution in [1.29, 1.82) is 5.26 Å². The molecule has 7 heteroatoms. The number of anilines is 2. The molecule has 0 radical (unpaired) electrons. The molecule has 19 heavy (non-hydrogen) atoms. The average molecular weight is 318 g/mol. The maximum absolute atomic E-state index is 11.9. The fraction of sp³-hybridized carbons (Fsp3) is 0. The third-order valence-corrected chi connectivity index (χ3v) is 2.73. The number of carbonyl (C=O) groups excluding carboxylic acids is 1. The number of amides is 1. The summed E-state index contributed by atoms with van der Waals surface area (Å²) in [6.45, 7) is 0. The van der Waals surface area contributed by atoms with Crippen LogP contribution in [0.4, 0.5) is 11.5 Å². The molecular weight excluding hydrogens is 310 g/mol. The zero-order valence-electron chi connectivity index (χ0n) is 9.59. The van der Waals surface area contributed by atoms with Crippen molar-refractivity contribution in [2.45, 2.75) is 0 Å². The van der Waals surface area contributed by atoms with Crippen LogP contribution in [0, 0.1) is 11.3 Å². The van der Waals surface area contributed by atoms with Gasteiger partial charge in [-0.1, -0.05) is 15.9 Å². The summed E-state index contributed by atoms with van der Waals surface area (Å²) in [5.74, 6) is -0.317. The fourth-order valence-electron chi connectivity index (χ4n) is 1.39. The second kappa shape index (κ2) is 5.46. The first-order chi connectivity index (χ1) is 9.10. The van der Waals surface area contributed by atoms with Gasteiger partial charge >= 0.3 is 0 Å². The number of halogens is 1. The highest BCUT2D eigenvalue weighted by Gasteiger charge is 2.11. The van der Waals surface area contributed by atoms with E-state index in [1.165, 1.54) is 12.4 Å². The molecule has 94 valence electrons. The van der Waals surface area contributed by atoms with Crippen LogP contribution in [0.15, 0.2) is 35.1 Å². The van der Waals surface area contributed by atoms with Crippen LogP contribution < -0.4 is 11.1 Å². The van der Waals surface area contributed by atoms with Crippen LogP contribution in [0.2, 0.25) is 0 Å². The Kier molecular flexibility index (Phi) is 3.73. The van der Waals surface area contributed by atoms with Crippen LogP contribution >= 0.6 is 15.9 Å². The lowest BCUT2D eigenvalue weighted by Crippen LogP contribution is -2.15. The Labute approximate surface area is 117 Å². The van der Waals surface area contributed by atoms with Gasteiger partial charge in [-0.3, -0.25) is 9.78 Å². The second-order valence-corrected chi connectivity index (χ2v) is 4.50. The van der Waals surface area contributed by atoms with E-state index in [-0.39, 0.29) is 11.5 Å². The summed E-state index contributed by atoms with van der Waals surface area (Å²) in [6, 6.07) is 6.96. The summed E-state index contributed by atoms with van der Waals surface area (Å²) in [6.07, 6.45) is 2.65. The van der Waals surface area contributed by atoms with E-state index in [0.717, 1.165) is 4.47 Å². The molecule has 1 amide bonds. The molecule has 0 bridgehead atoms. The van der Waals surface area contributed by atoms with Crippen molar-refractivity contribution in [3.8, 4) is 6.07 Å². The lowest BCUT2D eigenvalue weighted by Gasteiger charge is -2.06. The van der Waals surface area contributed by atoms with Crippen LogP contribution in [0.5, 0.6) is 0 Å². The van der Waals surface area contributed by atoms with Gasteiger partial charge in [-0.15, -0.1) is 0 Å². The minimum Gasteiger partial charge on any atom is -0.382 e. The molecule has 0 aliphatic carbocycles. The summed E-state index contributed by atoms with van der Waals surface area (Å²) in [5.41, 5.74) is 6.29. The Bertz CT molecular complexity index is 680. The van der Waals surface area contributed by atoms with Gasteiger partial charge < -0.3 is 11.1 Å². The summed E-state index contributed by atoms with van der Waals surface area (Å²) in [4.78, 5) is 19.6. The Morgan fingerprint density at radius 3 is 2.89 bits per heavy atom. The highest BCUT2D eigenvalue weighted by atomic mass is 79.9. The van der Waals surface area contributed by atoms with Gasteiger partial charge in [-0.25, -0.2) is 4.98 Å². The smallest absolute Gasteiger partial charge is 0.275 e. The monoisotopic (exact) mass is 317 g/mol. The molecule has 3 N–H and O–H groups in total. The molecule has 0 atom stereocenters. The van der Waals surface area contributed by atoms with Gasteiger partial charge in [0.05, 0.1) is 23.6 Å². The number of hydrogen-bond donors (Lipinski definition) is 2. The van der Waals surface area contributed by atoms with Gasteiger partial charge in [0, 0.05) is 4.47 Å². The summed E-state index contributed by atoms with van der Waals surface area (Å²) in [7, 11) is 0. The minimum absolute atomic E-state index is 0.0896. The molecule has 0 aliphatic rings. The van der Waals surface area contributed by atoms with Gasteiger partial charge in [-0.05, 0) is 18.2 Å². The number of carbonyl (C=O) groups is 1. The van der Waals surface area contributed by atoms with Gasteiger partial charge in [0.1, 0.15) is 17.6 Å². The van der Waals surface area contributed by atoms with Crippen molar-refractivity contribution < 1.29 is 4.79 Å². The van der Waals surface area contributed by atoms with Crippen LogP contribution in [0.25, 0.3) is 0 Å². The molecule has 0 saturated heterocycles. The lowest BCUT2D eigenvalue weighted by atomic mass is 10.2. The molecule has 0 spiro atoms. The number of aromatic nitrogens is 2. The van der Waals surface area contributed by atoms with Gasteiger partial charge in [0.15, 0.2) is 0 Å². The number of benzene rings is 1. The predicted octanol–water partition coefficient (Wildman–Crippen LogP) is 1.95. The van der Waals surface area contributed by atoms with Gasteiger partial charge in [0.2, 0.25) is 0 Å². The van der Waals surface area contributed by atoms with Crippen molar-refractivity contribution in [3.63, 3.8) is 0 Å². The Hall–Kier alpha value is -2.46. The van der Waals surface area contributed by atoms with Crippen molar-refractivity contribution >= 4 is 33.3 Å². The van der Waals surface area contributed by atoms with E-state index in [1.807, 2.05) is 6.07 Å². The summed E-state index contributed by atoms with van der Waals surface area (Å²) < 4.78 is 0.755. The molecule has 0 saturated carbocycles. The number of nitriles is 1. The van der Waals surface area contributed by atoms with E-state index < -0.39 is 5.91 Å². The van der Waals surface area contributed by atoms with E-state index >= 15 is 0 Å². The zero-order valence-corrected chi connectivity index (χ0v) is 11.2. The molecular formula is C12H8BrN5O. The number of rotatable bonds is 2. The van der Waals surface area contributed by atoms with E-state index in [1.54, 1.807) is 18.2 Å². The molecule has 0 unspecified atom stereocenters. The Balaban J connectivity index is 2.27. The predicted molar refractivity (Wildman–Crippen MR) is 73.3 cm³/mol. The average Bonchev–Trinajstić information content (AvgIpc) is 2.40. The fourth-order valence-corrected chi connectivity index (χ4v) is 1.76. The standard InChI is InChI=1S/C12H8BrN5O/c13-8-1-2-9(7(3-8)4-14)18-12(19)10-5-16-6-11(15)17-10/h1-3,5-6H,(H2,15,17)(H,18,19). The maximum Gasteiger partial charge on any atom is 0.275 e. The molecule has 1 heterocycles. The number of hydrogen-bond acceptors (Lipinski definition) is 5. The lowest BCUT2D eigenvalue weighted by molar-refractivity contribution is 0.102. The van der Waals surface area contributed by atoms with Gasteiger partial charge in [-0.2, -0.15) is 5.26 Å². The Morgan fingerprint density at radius 2 is 2.21 bits per heavy atom. The van der Waals surface area contributed by atoms with Crippen molar-refractivity contribution in [3.05, 3.63) is 46.3 Å². The number of nitrogens with two attached hydrogens (primary N) is 1. The van der Waals surface area contributed by atoms with Crippen molar-refractivity contribution in [2.24, 2.45) is 0 Å². The normalized spacial score (nSPS) is 9.68. The van der Waals surface area contributed by atoms with E-state index in [0.29, 0.717) is 11.3 Å². The quantitative estimate of drug-likeness (QED) is 0.880. The minimum atomic E-state index is -0.473. The van der Waals surface area contributed by atoms with Crippen molar-refractivity contribution in [1.82, 2.24) is 9.97 Å². The molecule has 2 rings (SSSR count). The first-order valence-electron chi connectivity index (χ1n) is 5.18. The van der Waals surface area contributed by atoms with E-state index in [2.05, 4.69) is 31.2 Å². The molecule has 6 nitrogen and oxygen atoms in total. The van der Waals surface area contributed by atoms with Crippen LogP contribution in [-0.2, 0) is 0 Å². The molecule has 0 fully saturated rings. The first-order valence-corrected chi connectivity index (χ1v) is 5.98. The highest BCUT2D eigenvalue weighted by Crippen LogP contribution is 2.20. The second-order valence-electron chi connectivity index (χ2n) is 3.59.